The summed E-state index contributed by atoms with van der Waals surface area (Å²) in [5.74, 6) is 0. The molecule has 1 aromatic carbocycles. The molecule has 12 heavy (non-hydrogen) atoms. The SMILES string of the molecule is Brc1nc2cc(Br)c(Br)cc2[nH]1. The molecular weight excluding hydrogens is 352 g/mol. The lowest BCUT2D eigenvalue weighted by molar-refractivity contribution is 1.27. The van der Waals surface area contributed by atoms with Crippen molar-refractivity contribution in [1.29, 1.82) is 0 Å². The lowest BCUT2D eigenvalue weighted by Gasteiger charge is -1.93. The predicted octanol–water partition coefficient (Wildman–Crippen LogP) is 3.85. The van der Waals surface area contributed by atoms with Gasteiger partial charge in [-0.15, -0.1) is 0 Å². The Kier molecular flexibility index (Phi) is 2.27. The number of aromatic nitrogens is 2. The van der Waals surface area contributed by atoms with Crippen LogP contribution in [0.1, 0.15) is 0 Å². The molecule has 2 rings (SSSR count). The smallest absolute Gasteiger partial charge is 0.175 e. The molecule has 0 aliphatic rings. The molecule has 5 heteroatoms. The molecule has 0 fully saturated rings. The molecule has 1 aromatic heterocycles. The van der Waals surface area contributed by atoms with Gasteiger partial charge >= 0.3 is 0 Å². The first-order valence-electron chi connectivity index (χ1n) is 3.17. The first-order chi connectivity index (χ1) is 5.66. The molecular formula is C7H3Br3N2. The van der Waals surface area contributed by atoms with E-state index in [0.29, 0.717) is 0 Å². The third-order valence-corrected chi connectivity index (χ3v) is 3.71. The summed E-state index contributed by atoms with van der Waals surface area (Å²) in [5, 5.41) is 0. The summed E-state index contributed by atoms with van der Waals surface area (Å²) in [5.41, 5.74) is 1.95. The van der Waals surface area contributed by atoms with E-state index in [1.165, 1.54) is 0 Å². The van der Waals surface area contributed by atoms with Crippen LogP contribution < -0.4 is 0 Å². The van der Waals surface area contributed by atoms with Gasteiger partial charge in [-0.1, -0.05) is 0 Å². The van der Waals surface area contributed by atoms with Gasteiger partial charge in [0.15, 0.2) is 4.73 Å². The fourth-order valence-corrected chi connectivity index (χ4v) is 2.05. The minimum absolute atomic E-state index is 0.752. The Morgan fingerprint density at radius 2 is 1.75 bits per heavy atom. The molecule has 1 heterocycles. The number of benzene rings is 1. The van der Waals surface area contributed by atoms with E-state index in [4.69, 9.17) is 0 Å². The lowest BCUT2D eigenvalue weighted by atomic mass is 10.3. The van der Waals surface area contributed by atoms with Crippen LogP contribution >= 0.6 is 47.8 Å². The second kappa shape index (κ2) is 3.12. The Balaban J connectivity index is 2.83. The van der Waals surface area contributed by atoms with E-state index in [2.05, 4.69) is 57.8 Å². The number of fused-ring (bicyclic) bond motifs is 1. The van der Waals surface area contributed by atoms with Crippen molar-refractivity contribution in [3.05, 3.63) is 25.8 Å². The van der Waals surface area contributed by atoms with Gasteiger partial charge < -0.3 is 4.98 Å². The second-order valence-corrected chi connectivity index (χ2v) is 4.77. The van der Waals surface area contributed by atoms with E-state index in [9.17, 15) is 0 Å². The molecule has 0 bridgehead atoms. The van der Waals surface area contributed by atoms with E-state index >= 15 is 0 Å². The van der Waals surface area contributed by atoms with E-state index in [1.807, 2.05) is 12.1 Å². The number of H-pyrrole nitrogens is 1. The summed E-state index contributed by atoms with van der Waals surface area (Å²) in [4.78, 5) is 7.31. The molecule has 0 saturated carbocycles. The third-order valence-electron chi connectivity index (χ3n) is 1.50. The first-order valence-corrected chi connectivity index (χ1v) is 5.55. The van der Waals surface area contributed by atoms with Crippen molar-refractivity contribution >= 4 is 58.8 Å². The molecule has 2 nitrogen and oxygen atoms in total. The summed E-state index contributed by atoms with van der Waals surface area (Å²) < 4.78 is 2.78. The summed E-state index contributed by atoms with van der Waals surface area (Å²) in [6.45, 7) is 0. The number of nitrogens with zero attached hydrogens (tertiary/aromatic N) is 1. The van der Waals surface area contributed by atoms with Crippen molar-refractivity contribution in [2.45, 2.75) is 0 Å². The van der Waals surface area contributed by atoms with Crippen LogP contribution in [0.3, 0.4) is 0 Å². The van der Waals surface area contributed by atoms with Crippen molar-refractivity contribution in [1.82, 2.24) is 9.97 Å². The standard InChI is InChI=1S/C7H3Br3N2/c8-3-1-5-6(2-4(3)9)12-7(10)11-5/h1-2H,(H,11,12). The summed E-state index contributed by atoms with van der Waals surface area (Å²) >= 11 is 10.1. The van der Waals surface area contributed by atoms with Crippen LogP contribution in [0.15, 0.2) is 25.8 Å². The van der Waals surface area contributed by atoms with Gasteiger partial charge in [0.2, 0.25) is 0 Å². The normalized spacial score (nSPS) is 10.9. The Morgan fingerprint density at radius 1 is 1.08 bits per heavy atom. The number of aromatic amines is 1. The van der Waals surface area contributed by atoms with Crippen LogP contribution in [0, 0.1) is 0 Å². The molecule has 0 atom stereocenters. The molecule has 0 saturated heterocycles. The highest BCUT2D eigenvalue weighted by Crippen LogP contribution is 2.28. The molecule has 0 spiro atoms. The van der Waals surface area contributed by atoms with Crippen LogP contribution in [0.4, 0.5) is 0 Å². The van der Waals surface area contributed by atoms with E-state index in [-0.39, 0.29) is 0 Å². The van der Waals surface area contributed by atoms with Crippen molar-refractivity contribution in [3.8, 4) is 0 Å². The monoisotopic (exact) mass is 352 g/mol. The zero-order valence-corrected chi connectivity index (χ0v) is 10.5. The Labute approximate surface area is 94.1 Å². The molecule has 0 radical (unpaired) electrons. The fraction of sp³-hybridized carbons (Fsp3) is 0. The van der Waals surface area contributed by atoms with Gasteiger partial charge in [0.05, 0.1) is 11.0 Å². The van der Waals surface area contributed by atoms with E-state index in [1.54, 1.807) is 0 Å². The highest BCUT2D eigenvalue weighted by Gasteiger charge is 2.03. The lowest BCUT2D eigenvalue weighted by Crippen LogP contribution is -1.71. The average molecular weight is 355 g/mol. The molecule has 62 valence electrons. The van der Waals surface area contributed by atoms with Crippen LogP contribution in [-0.2, 0) is 0 Å². The molecule has 0 aliphatic heterocycles. The fourth-order valence-electron chi connectivity index (χ4n) is 0.974. The van der Waals surface area contributed by atoms with Crippen molar-refractivity contribution in [2.75, 3.05) is 0 Å². The molecule has 0 amide bonds. The maximum Gasteiger partial charge on any atom is 0.175 e. The highest BCUT2D eigenvalue weighted by molar-refractivity contribution is 9.13. The number of nitrogens with one attached hydrogen (secondary N) is 1. The molecule has 0 aliphatic carbocycles. The zero-order valence-electron chi connectivity index (χ0n) is 5.74. The van der Waals surface area contributed by atoms with Crippen molar-refractivity contribution in [2.24, 2.45) is 0 Å². The van der Waals surface area contributed by atoms with Crippen molar-refractivity contribution < 1.29 is 0 Å². The van der Waals surface area contributed by atoms with Crippen LogP contribution in [0.2, 0.25) is 0 Å². The minimum Gasteiger partial charge on any atom is -0.332 e. The van der Waals surface area contributed by atoms with Gasteiger partial charge in [-0.05, 0) is 59.9 Å². The summed E-state index contributed by atoms with van der Waals surface area (Å²) in [6.07, 6.45) is 0. The van der Waals surface area contributed by atoms with Crippen molar-refractivity contribution in [3.63, 3.8) is 0 Å². The maximum atomic E-state index is 4.23. The number of rotatable bonds is 0. The Morgan fingerprint density at radius 3 is 2.50 bits per heavy atom. The van der Waals surface area contributed by atoms with Crippen LogP contribution in [0.25, 0.3) is 11.0 Å². The average Bonchev–Trinajstić information content (AvgIpc) is 2.30. The predicted molar refractivity (Wildman–Crippen MR) is 59.2 cm³/mol. The Bertz CT molecular complexity index is 396. The van der Waals surface area contributed by atoms with E-state index < -0.39 is 0 Å². The number of hydrogen-bond acceptors (Lipinski definition) is 1. The molecule has 2 aromatic rings. The van der Waals surface area contributed by atoms with Gasteiger partial charge in [0, 0.05) is 8.95 Å². The van der Waals surface area contributed by atoms with E-state index in [0.717, 1.165) is 24.7 Å². The third kappa shape index (κ3) is 1.45. The summed E-state index contributed by atoms with van der Waals surface area (Å²) in [7, 11) is 0. The van der Waals surface area contributed by atoms with Crippen LogP contribution in [0.5, 0.6) is 0 Å². The topological polar surface area (TPSA) is 28.7 Å². The number of imidazole rings is 1. The minimum atomic E-state index is 0.752. The number of hydrogen-bond donors (Lipinski definition) is 1. The van der Waals surface area contributed by atoms with Gasteiger partial charge in [-0.2, -0.15) is 0 Å². The summed E-state index contributed by atoms with van der Waals surface area (Å²) in [6, 6.07) is 3.94. The van der Waals surface area contributed by atoms with Crippen LogP contribution in [-0.4, -0.2) is 9.97 Å². The van der Waals surface area contributed by atoms with Gasteiger partial charge in [-0.3, -0.25) is 0 Å². The second-order valence-electron chi connectivity index (χ2n) is 2.31. The molecule has 0 unspecified atom stereocenters. The Hall–Kier alpha value is 0.130. The maximum absolute atomic E-state index is 4.23. The molecule has 1 N–H and O–H groups in total. The zero-order chi connectivity index (χ0) is 8.72. The highest BCUT2D eigenvalue weighted by atomic mass is 79.9. The van der Waals surface area contributed by atoms with Gasteiger partial charge in [0.1, 0.15) is 0 Å². The van der Waals surface area contributed by atoms with Gasteiger partial charge in [-0.25, -0.2) is 4.98 Å². The largest absolute Gasteiger partial charge is 0.332 e. The quantitative estimate of drug-likeness (QED) is 0.765. The number of halogens is 3. The first kappa shape index (κ1) is 8.72. The van der Waals surface area contributed by atoms with Gasteiger partial charge in [0.25, 0.3) is 0 Å².